The van der Waals surface area contributed by atoms with Crippen molar-refractivity contribution in [2.45, 2.75) is 17.7 Å². The van der Waals surface area contributed by atoms with Gasteiger partial charge in [0.15, 0.2) is 11.6 Å². The number of hydrogen-bond acceptors (Lipinski definition) is 7. The lowest BCUT2D eigenvalue weighted by Gasteiger charge is -2.11. The van der Waals surface area contributed by atoms with Crippen LogP contribution in [0.3, 0.4) is 0 Å². The van der Waals surface area contributed by atoms with E-state index in [0.717, 1.165) is 11.8 Å². The maximum atomic E-state index is 14.1. The van der Waals surface area contributed by atoms with E-state index in [-0.39, 0.29) is 21.7 Å². The van der Waals surface area contributed by atoms with Gasteiger partial charge in [0.2, 0.25) is 16.0 Å². The van der Waals surface area contributed by atoms with Crippen molar-refractivity contribution in [2.75, 3.05) is 10.6 Å². The van der Waals surface area contributed by atoms with Crippen molar-refractivity contribution in [1.29, 1.82) is 5.26 Å². The van der Waals surface area contributed by atoms with E-state index in [4.69, 9.17) is 22.0 Å². The van der Waals surface area contributed by atoms with Crippen LogP contribution in [0.2, 0.25) is 5.02 Å². The summed E-state index contributed by atoms with van der Waals surface area (Å²) in [4.78, 5) is 7.68. The number of aromatic nitrogens is 2. The predicted molar refractivity (Wildman–Crippen MR) is 112 cm³/mol. The van der Waals surface area contributed by atoms with Crippen molar-refractivity contribution in [3.63, 3.8) is 0 Å². The smallest absolute Gasteiger partial charge is 0.239 e. The summed E-state index contributed by atoms with van der Waals surface area (Å²) in [7, 11) is -4.02. The van der Waals surface area contributed by atoms with Crippen LogP contribution in [0.15, 0.2) is 53.6 Å². The van der Waals surface area contributed by atoms with Gasteiger partial charge in [-0.1, -0.05) is 23.7 Å². The van der Waals surface area contributed by atoms with Gasteiger partial charge in [0, 0.05) is 17.8 Å². The molecule has 4 N–H and O–H groups in total. The minimum atomic E-state index is -4.02. The van der Waals surface area contributed by atoms with E-state index in [2.05, 4.69) is 26.7 Å². The number of nitrogens with one attached hydrogen (secondary N) is 2. The molecule has 3 aromatic rings. The standard InChI is InChI=1S/C19H16ClFN6O2S/c20-15-8-7-14(10-17(15)30(23,28)29)26-19-24-11-16(21)18(27-19)25-13-5-3-12(4-6-13)2-1-9-22/h3-8,10-11H,1-2H2,(H2,23,28,29)(H2,24,25,26,27). The van der Waals surface area contributed by atoms with Gasteiger partial charge in [0.25, 0.3) is 0 Å². The Labute approximate surface area is 177 Å². The molecule has 0 saturated heterocycles. The maximum absolute atomic E-state index is 14.1. The quantitative estimate of drug-likeness (QED) is 0.501. The monoisotopic (exact) mass is 446 g/mol. The number of sulfonamides is 1. The fraction of sp³-hybridized carbons (Fsp3) is 0.105. The first-order valence-corrected chi connectivity index (χ1v) is 10.5. The normalized spacial score (nSPS) is 11.0. The Morgan fingerprint density at radius 3 is 2.50 bits per heavy atom. The van der Waals surface area contributed by atoms with Crippen LogP contribution in [0, 0.1) is 17.1 Å². The molecule has 3 rings (SSSR count). The van der Waals surface area contributed by atoms with E-state index in [1.165, 1.54) is 18.2 Å². The summed E-state index contributed by atoms with van der Waals surface area (Å²) in [5, 5.41) is 19.4. The zero-order valence-corrected chi connectivity index (χ0v) is 17.0. The third-order valence-corrected chi connectivity index (χ3v) is 5.37. The largest absolute Gasteiger partial charge is 0.338 e. The Hall–Kier alpha value is -3.26. The first kappa shape index (κ1) is 21.4. The minimum absolute atomic E-state index is 0.0244. The van der Waals surface area contributed by atoms with E-state index >= 15 is 0 Å². The van der Waals surface area contributed by atoms with Gasteiger partial charge < -0.3 is 10.6 Å². The van der Waals surface area contributed by atoms with Crippen molar-refractivity contribution in [2.24, 2.45) is 5.14 Å². The molecule has 0 atom stereocenters. The van der Waals surface area contributed by atoms with Crippen LogP contribution in [0.5, 0.6) is 0 Å². The molecule has 0 radical (unpaired) electrons. The van der Waals surface area contributed by atoms with Crippen molar-refractivity contribution in [3.05, 3.63) is 65.1 Å². The molecule has 0 unspecified atom stereocenters. The van der Waals surface area contributed by atoms with Gasteiger partial charge >= 0.3 is 0 Å². The van der Waals surface area contributed by atoms with E-state index in [1.807, 2.05) is 12.1 Å². The first-order chi connectivity index (χ1) is 14.3. The molecule has 0 amide bonds. The number of nitriles is 1. The molecular formula is C19H16ClFN6O2S. The second kappa shape index (κ2) is 9.04. The summed E-state index contributed by atoms with van der Waals surface area (Å²) in [6.07, 6.45) is 2.03. The number of halogens is 2. The lowest BCUT2D eigenvalue weighted by Crippen LogP contribution is -2.13. The summed E-state index contributed by atoms with van der Waals surface area (Å²) in [6, 6.07) is 13.4. The minimum Gasteiger partial charge on any atom is -0.338 e. The van der Waals surface area contributed by atoms with Crippen molar-refractivity contribution >= 4 is 44.8 Å². The molecule has 1 heterocycles. The molecule has 0 spiro atoms. The highest BCUT2D eigenvalue weighted by Gasteiger charge is 2.14. The van der Waals surface area contributed by atoms with E-state index in [0.29, 0.717) is 24.2 Å². The summed E-state index contributed by atoms with van der Waals surface area (Å²) in [5.41, 5.74) is 1.89. The molecule has 0 aliphatic carbocycles. The van der Waals surface area contributed by atoms with Crippen LogP contribution in [0.25, 0.3) is 0 Å². The molecule has 8 nitrogen and oxygen atoms in total. The van der Waals surface area contributed by atoms with Crippen molar-refractivity contribution in [3.8, 4) is 6.07 Å². The second-order valence-electron chi connectivity index (χ2n) is 6.19. The maximum Gasteiger partial charge on any atom is 0.239 e. The Morgan fingerprint density at radius 2 is 1.83 bits per heavy atom. The first-order valence-electron chi connectivity index (χ1n) is 8.61. The Balaban J connectivity index is 1.80. The summed E-state index contributed by atoms with van der Waals surface area (Å²) in [6.45, 7) is 0. The summed E-state index contributed by atoms with van der Waals surface area (Å²) < 4.78 is 37.4. The molecule has 2 aromatic carbocycles. The van der Waals surface area contributed by atoms with Crippen molar-refractivity contribution < 1.29 is 12.8 Å². The van der Waals surface area contributed by atoms with E-state index < -0.39 is 15.8 Å². The molecule has 0 saturated carbocycles. The average molecular weight is 447 g/mol. The molecular weight excluding hydrogens is 431 g/mol. The fourth-order valence-electron chi connectivity index (χ4n) is 2.53. The Bertz CT molecular complexity index is 1210. The van der Waals surface area contributed by atoms with E-state index in [9.17, 15) is 12.8 Å². The second-order valence-corrected chi connectivity index (χ2v) is 8.12. The Morgan fingerprint density at radius 1 is 1.13 bits per heavy atom. The van der Waals surface area contributed by atoms with Crippen LogP contribution in [0.4, 0.5) is 27.5 Å². The lowest BCUT2D eigenvalue weighted by molar-refractivity contribution is 0.598. The topological polar surface area (TPSA) is 134 Å². The number of nitrogens with two attached hydrogens (primary N) is 1. The Kier molecular flexibility index (Phi) is 6.47. The SMILES string of the molecule is N#CCCc1ccc(Nc2nc(Nc3ccc(Cl)c(S(N)(=O)=O)c3)ncc2F)cc1. The zero-order valence-electron chi connectivity index (χ0n) is 15.4. The van der Waals surface area contributed by atoms with Gasteiger partial charge in [-0.25, -0.2) is 22.9 Å². The average Bonchev–Trinajstić information content (AvgIpc) is 2.70. The van der Waals surface area contributed by atoms with Gasteiger partial charge in [-0.2, -0.15) is 10.2 Å². The lowest BCUT2D eigenvalue weighted by atomic mass is 10.1. The van der Waals surface area contributed by atoms with Gasteiger partial charge in [-0.05, 0) is 42.3 Å². The fourth-order valence-corrected chi connectivity index (χ4v) is 3.61. The molecule has 0 bridgehead atoms. The number of hydrogen-bond donors (Lipinski definition) is 3. The molecule has 154 valence electrons. The summed E-state index contributed by atoms with van der Waals surface area (Å²) in [5.74, 6) is -0.708. The highest BCUT2D eigenvalue weighted by molar-refractivity contribution is 7.89. The number of primary sulfonamides is 1. The van der Waals surface area contributed by atoms with Crippen LogP contribution < -0.4 is 15.8 Å². The van der Waals surface area contributed by atoms with Crippen LogP contribution in [-0.2, 0) is 16.4 Å². The molecule has 11 heteroatoms. The molecule has 1 aromatic heterocycles. The predicted octanol–water partition coefficient (Wildman–Crippen LogP) is 3.86. The third-order valence-electron chi connectivity index (χ3n) is 3.98. The van der Waals surface area contributed by atoms with Crippen molar-refractivity contribution in [1.82, 2.24) is 9.97 Å². The molecule has 0 aliphatic heterocycles. The number of rotatable bonds is 7. The van der Waals surface area contributed by atoms with Gasteiger partial charge in [-0.3, -0.25) is 0 Å². The molecule has 30 heavy (non-hydrogen) atoms. The van der Waals surface area contributed by atoms with Gasteiger partial charge in [0.05, 0.1) is 17.3 Å². The molecule has 0 fully saturated rings. The number of anilines is 4. The highest BCUT2D eigenvalue weighted by Crippen LogP contribution is 2.26. The number of aryl methyl sites for hydroxylation is 1. The third kappa shape index (κ3) is 5.42. The highest BCUT2D eigenvalue weighted by atomic mass is 35.5. The van der Waals surface area contributed by atoms with Gasteiger partial charge in [-0.15, -0.1) is 0 Å². The van der Waals surface area contributed by atoms with E-state index in [1.54, 1.807) is 12.1 Å². The van der Waals surface area contributed by atoms with Crippen LogP contribution in [0.1, 0.15) is 12.0 Å². The zero-order chi connectivity index (χ0) is 21.7. The van der Waals surface area contributed by atoms with Crippen LogP contribution >= 0.6 is 11.6 Å². The number of nitrogens with zero attached hydrogens (tertiary/aromatic N) is 3. The number of benzene rings is 2. The summed E-state index contributed by atoms with van der Waals surface area (Å²) >= 11 is 5.87. The van der Waals surface area contributed by atoms with Crippen LogP contribution in [-0.4, -0.2) is 18.4 Å². The van der Waals surface area contributed by atoms with Gasteiger partial charge in [0.1, 0.15) is 4.90 Å². The molecule has 0 aliphatic rings.